The van der Waals surface area contributed by atoms with E-state index in [0.717, 1.165) is 31.6 Å². The highest BCUT2D eigenvalue weighted by atomic mass is 16.7. The second-order valence-electron chi connectivity index (χ2n) is 5.33. The van der Waals surface area contributed by atoms with E-state index in [2.05, 4.69) is 55.5 Å². The van der Waals surface area contributed by atoms with Crippen LogP contribution >= 0.6 is 0 Å². The highest BCUT2D eigenvalue weighted by Crippen LogP contribution is 2.23. The van der Waals surface area contributed by atoms with Gasteiger partial charge in [0.2, 0.25) is 0 Å². The van der Waals surface area contributed by atoms with E-state index in [9.17, 15) is 0 Å². The predicted octanol–water partition coefficient (Wildman–Crippen LogP) is 4.02. The Morgan fingerprint density at radius 1 is 0.850 bits per heavy atom. The smallest absolute Gasteiger partial charge is 0.183 e. The summed E-state index contributed by atoms with van der Waals surface area (Å²) in [6, 6.07) is 17.3. The quantitative estimate of drug-likeness (QED) is 0.837. The third kappa shape index (κ3) is 3.27. The fourth-order valence-electron chi connectivity index (χ4n) is 2.41. The minimum Gasteiger partial charge on any atom is -0.348 e. The van der Waals surface area contributed by atoms with Gasteiger partial charge >= 0.3 is 0 Å². The van der Waals surface area contributed by atoms with E-state index in [0.29, 0.717) is 0 Å². The Morgan fingerprint density at radius 2 is 1.40 bits per heavy atom. The van der Waals surface area contributed by atoms with E-state index in [1.165, 1.54) is 16.7 Å². The van der Waals surface area contributed by atoms with Crippen LogP contribution in [-0.2, 0) is 15.9 Å². The monoisotopic (exact) mass is 268 g/mol. The summed E-state index contributed by atoms with van der Waals surface area (Å²) in [5.74, 6) is 0. The molecule has 1 aliphatic heterocycles. The number of hydrogen-bond donors (Lipinski definition) is 0. The highest BCUT2D eigenvalue weighted by molar-refractivity contribution is 5.30. The lowest BCUT2D eigenvalue weighted by atomic mass is 10.0. The first kappa shape index (κ1) is 13.3. The van der Waals surface area contributed by atoms with Crippen molar-refractivity contribution >= 4 is 0 Å². The molecule has 0 unspecified atom stereocenters. The Kier molecular flexibility index (Phi) is 4.14. The van der Waals surface area contributed by atoms with Gasteiger partial charge in [0.05, 0.1) is 13.2 Å². The molecule has 1 heterocycles. The van der Waals surface area contributed by atoms with Crippen LogP contribution in [0.3, 0.4) is 0 Å². The zero-order valence-corrected chi connectivity index (χ0v) is 11.8. The Balaban J connectivity index is 1.67. The SMILES string of the molecule is Cc1ccc(Cc2ccc(C3OCCCO3)cc2)cc1. The second-order valence-corrected chi connectivity index (χ2v) is 5.33. The number of aryl methyl sites for hydroxylation is 1. The number of hydrogen-bond acceptors (Lipinski definition) is 2. The van der Waals surface area contributed by atoms with Crippen molar-refractivity contribution in [1.29, 1.82) is 0 Å². The molecule has 2 aromatic rings. The van der Waals surface area contributed by atoms with Crippen LogP contribution in [0, 0.1) is 6.92 Å². The van der Waals surface area contributed by atoms with Gasteiger partial charge in [0.25, 0.3) is 0 Å². The lowest BCUT2D eigenvalue weighted by Gasteiger charge is -2.23. The molecule has 0 atom stereocenters. The fourth-order valence-corrected chi connectivity index (χ4v) is 2.41. The van der Waals surface area contributed by atoms with Gasteiger partial charge in [0.1, 0.15) is 0 Å². The maximum atomic E-state index is 5.61. The van der Waals surface area contributed by atoms with Crippen LogP contribution < -0.4 is 0 Å². The van der Waals surface area contributed by atoms with Crippen LogP contribution in [0.1, 0.15) is 35.0 Å². The Morgan fingerprint density at radius 3 is 2.00 bits per heavy atom. The molecule has 2 heteroatoms. The third-order valence-corrected chi connectivity index (χ3v) is 3.61. The summed E-state index contributed by atoms with van der Waals surface area (Å²) in [6.07, 6.45) is 1.77. The second kappa shape index (κ2) is 6.21. The van der Waals surface area contributed by atoms with Crippen LogP contribution in [0.4, 0.5) is 0 Å². The third-order valence-electron chi connectivity index (χ3n) is 3.61. The van der Waals surface area contributed by atoms with E-state index in [1.807, 2.05) is 0 Å². The summed E-state index contributed by atoms with van der Waals surface area (Å²) >= 11 is 0. The summed E-state index contributed by atoms with van der Waals surface area (Å²) in [4.78, 5) is 0. The van der Waals surface area contributed by atoms with Gasteiger partial charge in [-0.15, -0.1) is 0 Å². The fraction of sp³-hybridized carbons (Fsp3) is 0.333. The Bertz CT molecular complexity index is 537. The molecule has 20 heavy (non-hydrogen) atoms. The maximum Gasteiger partial charge on any atom is 0.183 e. The molecule has 1 aliphatic rings. The number of rotatable bonds is 3. The van der Waals surface area contributed by atoms with Gasteiger partial charge in [-0.2, -0.15) is 0 Å². The Labute approximate surface area is 120 Å². The van der Waals surface area contributed by atoms with Crippen molar-refractivity contribution in [2.24, 2.45) is 0 Å². The van der Waals surface area contributed by atoms with E-state index < -0.39 is 0 Å². The summed E-state index contributed by atoms with van der Waals surface area (Å²) < 4.78 is 11.2. The molecule has 0 saturated carbocycles. The summed E-state index contributed by atoms with van der Waals surface area (Å²) in [6.45, 7) is 3.69. The first-order valence-corrected chi connectivity index (χ1v) is 7.19. The maximum absolute atomic E-state index is 5.61. The molecule has 1 fully saturated rings. The van der Waals surface area contributed by atoms with Crippen molar-refractivity contribution in [3.8, 4) is 0 Å². The first-order chi connectivity index (χ1) is 9.81. The van der Waals surface area contributed by atoms with Crippen molar-refractivity contribution in [3.05, 3.63) is 70.8 Å². The zero-order valence-electron chi connectivity index (χ0n) is 11.8. The van der Waals surface area contributed by atoms with Gasteiger partial charge in [-0.05, 0) is 30.9 Å². The first-order valence-electron chi connectivity index (χ1n) is 7.19. The average molecular weight is 268 g/mol. The van der Waals surface area contributed by atoms with E-state index >= 15 is 0 Å². The lowest BCUT2D eigenvalue weighted by Crippen LogP contribution is -2.17. The molecule has 2 nitrogen and oxygen atoms in total. The van der Waals surface area contributed by atoms with Gasteiger partial charge in [0, 0.05) is 5.56 Å². The number of benzene rings is 2. The van der Waals surface area contributed by atoms with E-state index in [1.54, 1.807) is 0 Å². The largest absolute Gasteiger partial charge is 0.348 e. The topological polar surface area (TPSA) is 18.5 Å². The van der Waals surface area contributed by atoms with Gasteiger partial charge in [0.15, 0.2) is 6.29 Å². The van der Waals surface area contributed by atoms with Crippen LogP contribution in [0.5, 0.6) is 0 Å². The molecule has 3 rings (SSSR count). The van der Waals surface area contributed by atoms with Gasteiger partial charge < -0.3 is 9.47 Å². The van der Waals surface area contributed by atoms with Crippen LogP contribution in [-0.4, -0.2) is 13.2 Å². The minimum atomic E-state index is -0.183. The molecule has 1 saturated heterocycles. The standard InChI is InChI=1S/C18H20O2/c1-14-3-5-15(6-4-14)13-16-7-9-17(10-8-16)18-19-11-2-12-20-18/h3-10,18H,2,11-13H2,1H3. The molecule has 0 N–H and O–H groups in total. The van der Waals surface area contributed by atoms with Crippen molar-refractivity contribution in [2.75, 3.05) is 13.2 Å². The van der Waals surface area contributed by atoms with Crippen LogP contribution in [0.2, 0.25) is 0 Å². The molecule has 0 aliphatic carbocycles. The van der Waals surface area contributed by atoms with Gasteiger partial charge in [-0.25, -0.2) is 0 Å². The van der Waals surface area contributed by atoms with Gasteiger partial charge in [-0.1, -0.05) is 54.1 Å². The van der Waals surface area contributed by atoms with Crippen molar-refractivity contribution < 1.29 is 9.47 Å². The molecule has 0 radical (unpaired) electrons. The molecule has 104 valence electrons. The van der Waals surface area contributed by atoms with Crippen molar-refractivity contribution in [2.45, 2.75) is 26.1 Å². The van der Waals surface area contributed by atoms with Crippen molar-refractivity contribution in [1.82, 2.24) is 0 Å². The zero-order chi connectivity index (χ0) is 13.8. The molecule has 0 spiro atoms. The lowest BCUT2D eigenvalue weighted by molar-refractivity contribution is -0.183. The van der Waals surface area contributed by atoms with Gasteiger partial charge in [-0.3, -0.25) is 0 Å². The molecule has 0 aromatic heterocycles. The summed E-state index contributed by atoms with van der Waals surface area (Å²) in [7, 11) is 0. The summed E-state index contributed by atoms with van der Waals surface area (Å²) in [5, 5.41) is 0. The predicted molar refractivity (Wildman–Crippen MR) is 79.7 cm³/mol. The molecule has 0 amide bonds. The molecular formula is C18H20O2. The van der Waals surface area contributed by atoms with Crippen LogP contribution in [0.15, 0.2) is 48.5 Å². The Hall–Kier alpha value is -1.64. The average Bonchev–Trinajstić information content (AvgIpc) is 2.51. The van der Waals surface area contributed by atoms with E-state index in [-0.39, 0.29) is 6.29 Å². The highest BCUT2D eigenvalue weighted by Gasteiger charge is 2.15. The summed E-state index contributed by atoms with van der Waals surface area (Å²) in [5.41, 5.74) is 5.06. The minimum absolute atomic E-state index is 0.183. The molecule has 2 aromatic carbocycles. The number of ether oxygens (including phenoxy) is 2. The molecule has 0 bridgehead atoms. The normalized spacial score (nSPS) is 16.2. The van der Waals surface area contributed by atoms with Crippen LogP contribution in [0.25, 0.3) is 0 Å². The molecular weight excluding hydrogens is 248 g/mol. The van der Waals surface area contributed by atoms with Crippen molar-refractivity contribution in [3.63, 3.8) is 0 Å². The van der Waals surface area contributed by atoms with E-state index in [4.69, 9.17) is 9.47 Å².